The molecule has 1 saturated heterocycles. The van der Waals surface area contributed by atoms with Crippen molar-refractivity contribution in [2.75, 3.05) is 0 Å². The summed E-state index contributed by atoms with van der Waals surface area (Å²) in [6, 6.07) is 16.0. The molecule has 4 rings (SSSR count). The van der Waals surface area contributed by atoms with Gasteiger partial charge in [-0.2, -0.15) is 0 Å². The third kappa shape index (κ3) is 2.52. The number of nitrogens with zero attached hydrogens (tertiary/aromatic N) is 2. The molecule has 2 aromatic carbocycles. The van der Waals surface area contributed by atoms with Crippen molar-refractivity contribution in [1.29, 1.82) is 5.26 Å². The molecule has 0 saturated carbocycles. The first-order valence-electron chi connectivity index (χ1n) is 8.90. The number of benzene rings is 2. The molecule has 1 heterocycles. The molecule has 1 aliphatic heterocycles. The lowest BCUT2D eigenvalue weighted by molar-refractivity contribution is 0.00578. The van der Waals surface area contributed by atoms with E-state index in [4.69, 9.17) is 15.9 Å². The van der Waals surface area contributed by atoms with Crippen LogP contribution in [0.5, 0.6) is 0 Å². The minimum Gasteiger partial charge on any atom is -0.399 e. The molecule has 1 fully saturated rings. The molecule has 0 spiro atoms. The van der Waals surface area contributed by atoms with Gasteiger partial charge in [0.25, 0.3) is 5.70 Å². The molecule has 2 aromatic rings. The van der Waals surface area contributed by atoms with Crippen LogP contribution in [0, 0.1) is 17.9 Å². The quantitative estimate of drug-likeness (QED) is 0.374. The van der Waals surface area contributed by atoms with Gasteiger partial charge < -0.3 is 9.31 Å². The number of allylic oxidation sites excluding steroid dienone is 1. The molecule has 1 aliphatic carbocycles. The van der Waals surface area contributed by atoms with E-state index in [0.717, 1.165) is 27.7 Å². The zero-order valence-electron chi connectivity index (χ0n) is 15.8. The fourth-order valence-corrected chi connectivity index (χ4v) is 3.60. The summed E-state index contributed by atoms with van der Waals surface area (Å²) < 4.78 is 12.3. The molecule has 132 valence electrons. The maximum absolute atomic E-state index is 9.48. The fraction of sp³-hybridized carbons (Fsp3) is 0.273. The van der Waals surface area contributed by atoms with E-state index in [1.807, 2.05) is 70.2 Å². The Balaban J connectivity index is 1.88. The van der Waals surface area contributed by atoms with Crippen molar-refractivity contribution < 1.29 is 9.31 Å². The molecule has 0 atom stereocenters. The first-order chi connectivity index (χ1) is 12.8. The van der Waals surface area contributed by atoms with Crippen LogP contribution in [0.3, 0.4) is 0 Å². The average Bonchev–Trinajstić information content (AvgIpc) is 3.07. The zero-order valence-corrected chi connectivity index (χ0v) is 15.8. The molecule has 5 heteroatoms. The summed E-state index contributed by atoms with van der Waals surface area (Å²) in [5, 5.41) is 9.48. The number of hydrogen-bond donors (Lipinski definition) is 0. The van der Waals surface area contributed by atoms with E-state index in [2.05, 4.69) is 10.9 Å². The van der Waals surface area contributed by atoms with Gasteiger partial charge in [0.05, 0.1) is 23.8 Å². The van der Waals surface area contributed by atoms with Gasteiger partial charge in [0.2, 0.25) is 0 Å². The van der Waals surface area contributed by atoms with Crippen LogP contribution in [0.1, 0.15) is 38.8 Å². The van der Waals surface area contributed by atoms with Crippen molar-refractivity contribution >= 4 is 18.2 Å². The van der Waals surface area contributed by atoms with Crippen LogP contribution in [0.25, 0.3) is 21.5 Å². The first-order valence-corrected chi connectivity index (χ1v) is 8.90. The van der Waals surface area contributed by atoms with E-state index in [9.17, 15) is 5.26 Å². The highest BCUT2D eigenvalue weighted by molar-refractivity contribution is 6.62. The van der Waals surface area contributed by atoms with Gasteiger partial charge in [0.15, 0.2) is 0 Å². The Morgan fingerprint density at radius 1 is 0.963 bits per heavy atom. The molecule has 27 heavy (non-hydrogen) atoms. The first kappa shape index (κ1) is 17.6. The van der Waals surface area contributed by atoms with Gasteiger partial charge in [0.1, 0.15) is 0 Å². The highest BCUT2D eigenvalue weighted by Gasteiger charge is 2.51. The Morgan fingerprint density at radius 2 is 1.56 bits per heavy atom. The molecule has 0 unspecified atom stereocenters. The van der Waals surface area contributed by atoms with Gasteiger partial charge in [-0.3, -0.25) is 0 Å². The third-order valence-corrected chi connectivity index (χ3v) is 5.78. The lowest BCUT2D eigenvalue weighted by Gasteiger charge is -2.32. The van der Waals surface area contributed by atoms with Crippen molar-refractivity contribution in [2.24, 2.45) is 0 Å². The maximum atomic E-state index is 9.48. The highest BCUT2D eigenvalue weighted by Crippen LogP contribution is 2.45. The van der Waals surface area contributed by atoms with E-state index >= 15 is 0 Å². The van der Waals surface area contributed by atoms with E-state index < -0.39 is 18.3 Å². The van der Waals surface area contributed by atoms with Crippen LogP contribution >= 0.6 is 0 Å². The van der Waals surface area contributed by atoms with Crippen molar-refractivity contribution in [1.82, 2.24) is 0 Å². The Hall–Kier alpha value is -2.86. The highest BCUT2D eigenvalue weighted by atomic mass is 16.7. The normalized spacial score (nSPS) is 20.4. The van der Waals surface area contributed by atoms with Gasteiger partial charge in [0, 0.05) is 5.57 Å². The van der Waals surface area contributed by atoms with Gasteiger partial charge in [-0.15, -0.1) is 0 Å². The predicted molar refractivity (Wildman–Crippen MR) is 106 cm³/mol. The van der Waals surface area contributed by atoms with Crippen LogP contribution in [0.15, 0.2) is 48.2 Å². The van der Waals surface area contributed by atoms with Crippen LogP contribution in [0.4, 0.5) is 0 Å². The monoisotopic (exact) mass is 354 g/mol. The molecule has 2 aliphatic rings. The van der Waals surface area contributed by atoms with Gasteiger partial charge >= 0.3 is 7.12 Å². The summed E-state index contributed by atoms with van der Waals surface area (Å²) >= 11 is 0. The van der Waals surface area contributed by atoms with Crippen molar-refractivity contribution in [2.45, 2.75) is 38.9 Å². The van der Waals surface area contributed by atoms with Gasteiger partial charge in [-0.25, -0.2) is 10.1 Å². The predicted octanol–water partition coefficient (Wildman–Crippen LogP) is 4.17. The number of nitriles is 1. The van der Waals surface area contributed by atoms with E-state index in [0.29, 0.717) is 5.57 Å². The van der Waals surface area contributed by atoms with Crippen LogP contribution < -0.4 is 5.46 Å². The van der Waals surface area contributed by atoms with E-state index in [1.165, 1.54) is 0 Å². The standard InChI is InChI=1S/C22H19BN2O2/c1-21(2)22(3,4)27-23(26-21)14-10-11-16-15-8-6-7-9-17(15)20(18(16)12-14)19(13-24)25-5/h6-12H,1-4H3/b20-19+. The fourth-order valence-electron chi connectivity index (χ4n) is 3.60. The van der Waals surface area contributed by atoms with E-state index in [1.54, 1.807) is 0 Å². The van der Waals surface area contributed by atoms with Gasteiger partial charge in [-0.05, 0) is 55.4 Å². The molecule has 4 nitrogen and oxygen atoms in total. The Bertz CT molecular complexity index is 1040. The molecule has 0 aromatic heterocycles. The summed E-state index contributed by atoms with van der Waals surface area (Å²) in [6.45, 7) is 15.5. The Kier molecular flexibility index (Phi) is 3.79. The van der Waals surface area contributed by atoms with Crippen LogP contribution in [-0.2, 0) is 9.31 Å². The molecule has 0 radical (unpaired) electrons. The smallest absolute Gasteiger partial charge is 0.399 e. The minimum atomic E-state index is -0.483. The van der Waals surface area contributed by atoms with Crippen LogP contribution in [0.2, 0.25) is 0 Å². The summed E-state index contributed by atoms with van der Waals surface area (Å²) in [7, 11) is -0.483. The molecule has 0 N–H and O–H groups in total. The second kappa shape index (κ2) is 5.82. The summed E-state index contributed by atoms with van der Waals surface area (Å²) in [4.78, 5) is 3.47. The second-order valence-electron chi connectivity index (χ2n) is 7.89. The SMILES string of the molecule is [C-]#[N+]/C(C#N)=C1\c2ccccc2-c2ccc(B3OC(C)(C)C(C)(C)O3)cc21. The lowest BCUT2D eigenvalue weighted by Crippen LogP contribution is -2.41. The van der Waals surface area contributed by atoms with Crippen molar-refractivity contribution in [3.63, 3.8) is 0 Å². The average molecular weight is 354 g/mol. The Morgan fingerprint density at radius 3 is 2.15 bits per heavy atom. The van der Waals surface area contributed by atoms with Crippen molar-refractivity contribution in [3.8, 4) is 17.2 Å². The van der Waals surface area contributed by atoms with Crippen LogP contribution in [-0.4, -0.2) is 18.3 Å². The topological polar surface area (TPSA) is 46.6 Å². The summed E-state index contributed by atoms with van der Waals surface area (Å²) in [5.74, 6) is 0. The second-order valence-corrected chi connectivity index (χ2v) is 7.89. The number of hydrogen-bond acceptors (Lipinski definition) is 3. The van der Waals surface area contributed by atoms with Crippen molar-refractivity contribution in [3.05, 3.63) is 70.7 Å². The molecular weight excluding hydrogens is 335 g/mol. The third-order valence-electron chi connectivity index (χ3n) is 5.78. The minimum absolute atomic E-state index is 0.104. The Labute approximate surface area is 160 Å². The summed E-state index contributed by atoms with van der Waals surface area (Å²) in [5.41, 5.74) is 4.71. The lowest BCUT2D eigenvalue weighted by atomic mass is 9.77. The van der Waals surface area contributed by atoms with E-state index in [-0.39, 0.29) is 5.70 Å². The maximum Gasteiger partial charge on any atom is 0.494 e. The zero-order chi connectivity index (χ0) is 19.4. The number of rotatable bonds is 1. The molecule has 0 bridgehead atoms. The summed E-state index contributed by atoms with van der Waals surface area (Å²) in [6.07, 6.45) is 0. The largest absolute Gasteiger partial charge is 0.494 e. The molecular formula is C22H19BN2O2. The van der Waals surface area contributed by atoms with Gasteiger partial charge in [-0.1, -0.05) is 42.5 Å². The number of fused-ring (bicyclic) bond motifs is 3. The molecule has 0 amide bonds.